The zero-order chi connectivity index (χ0) is 23.5. The van der Waals surface area contributed by atoms with Crippen molar-refractivity contribution >= 4 is 33.6 Å². The minimum Gasteiger partial charge on any atom is -0.508 e. The number of phenols is 1. The molecule has 0 heterocycles. The van der Waals surface area contributed by atoms with Gasteiger partial charge in [-0.15, -0.1) is 0 Å². The number of anilines is 1. The third-order valence-corrected chi connectivity index (χ3v) is 7.71. The van der Waals surface area contributed by atoms with Crippen LogP contribution in [0.1, 0.15) is 34.2 Å². The highest BCUT2D eigenvalue weighted by molar-refractivity contribution is 7.92. The van der Waals surface area contributed by atoms with Crippen LogP contribution in [0.4, 0.5) is 5.69 Å². The number of carbonyl (C=O) groups excluding carboxylic acids is 1. The summed E-state index contributed by atoms with van der Waals surface area (Å²) in [6.07, 6.45) is 1.86. The molecular weight excluding hydrogens is 446 g/mol. The predicted octanol–water partition coefficient (Wildman–Crippen LogP) is 5.50. The first-order valence-corrected chi connectivity index (χ1v) is 12.1. The van der Waals surface area contributed by atoms with Crippen molar-refractivity contribution in [2.45, 2.75) is 45.1 Å². The fraction of sp³-hybridized carbons (Fsp3) is 0.240. The van der Waals surface area contributed by atoms with Crippen LogP contribution in [0, 0.1) is 20.8 Å². The van der Waals surface area contributed by atoms with Gasteiger partial charge in [0, 0.05) is 11.4 Å². The average molecular weight is 472 g/mol. The van der Waals surface area contributed by atoms with Crippen molar-refractivity contribution in [2.75, 3.05) is 4.31 Å². The van der Waals surface area contributed by atoms with E-state index in [1.807, 2.05) is 31.2 Å². The number of halogens is 1. The van der Waals surface area contributed by atoms with Gasteiger partial charge < -0.3 is 9.90 Å². The summed E-state index contributed by atoms with van der Waals surface area (Å²) >= 11 is 6.31. The van der Waals surface area contributed by atoms with Crippen molar-refractivity contribution in [2.24, 2.45) is 0 Å². The summed E-state index contributed by atoms with van der Waals surface area (Å²) in [5.74, 6) is 0.0120. The van der Waals surface area contributed by atoms with Gasteiger partial charge in [0.2, 0.25) is 0 Å². The summed E-state index contributed by atoms with van der Waals surface area (Å²) in [7, 11) is -3.93. The number of benzene rings is 3. The molecule has 0 fully saturated rings. The van der Waals surface area contributed by atoms with E-state index in [1.165, 1.54) is 16.4 Å². The van der Waals surface area contributed by atoms with Crippen LogP contribution in [-0.4, -0.2) is 19.8 Å². The van der Waals surface area contributed by atoms with Crippen LogP contribution in [0.5, 0.6) is 5.75 Å². The molecule has 1 N–H and O–H groups in total. The Morgan fingerprint density at radius 2 is 1.59 bits per heavy atom. The molecule has 0 atom stereocenters. The number of carbonyl (C=O) groups is 1. The molecule has 168 valence electrons. The van der Waals surface area contributed by atoms with Gasteiger partial charge in [-0.1, -0.05) is 47.5 Å². The number of aromatic hydroxyl groups is 1. The molecule has 0 saturated carbocycles. The Hall–Kier alpha value is -2.83. The van der Waals surface area contributed by atoms with E-state index in [9.17, 15) is 18.3 Å². The zero-order valence-corrected chi connectivity index (χ0v) is 19.9. The Morgan fingerprint density at radius 1 is 0.969 bits per heavy atom. The smallest absolute Gasteiger partial charge is 0.265 e. The van der Waals surface area contributed by atoms with Gasteiger partial charge in [-0.3, -0.25) is 4.31 Å². The van der Waals surface area contributed by atoms with E-state index < -0.39 is 10.0 Å². The molecule has 0 aliphatic rings. The Labute approximate surface area is 194 Å². The molecule has 3 aromatic carbocycles. The first-order chi connectivity index (χ1) is 15.1. The number of hydrogen-bond acceptors (Lipinski definition) is 4. The summed E-state index contributed by atoms with van der Waals surface area (Å²) in [4.78, 5) is 10.9. The normalized spacial score (nSPS) is 11.4. The number of phenolic OH excluding ortho intramolecular Hbond substituents is 1. The van der Waals surface area contributed by atoms with Crippen molar-refractivity contribution in [3.05, 3.63) is 87.4 Å². The van der Waals surface area contributed by atoms with Gasteiger partial charge >= 0.3 is 0 Å². The number of rotatable bonds is 8. The van der Waals surface area contributed by atoms with Crippen LogP contribution in [0.15, 0.2) is 59.5 Å². The molecule has 0 aliphatic carbocycles. The number of aldehydes is 1. The molecule has 3 rings (SSSR count). The van der Waals surface area contributed by atoms with Gasteiger partial charge in [0.25, 0.3) is 10.0 Å². The Balaban J connectivity index is 2.12. The van der Waals surface area contributed by atoms with Crippen LogP contribution in [-0.2, 0) is 27.8 Å². The van der Waals surface area contributed by atoms with Gasteiger partial charge in [-0.2, -0.15) is 0 Å². The topological polar surface area (TPSA) is 74.7 Å². The number of hydrogen-bond donors (Lipinski definition) is 1. The van der Waals surface area contributed by atoms with Crippen molar-refractivity contribution in [3.63, 3.8) is 0 Å². The molecule has 0 saturated heterocycles. The lowest BCUT2D eigenvalue weighted by Crippen LogP contribution is -2.31. The first-order valence-electron chi connectivity index (χ1n) is 10.2. The van der Waals surface area contributed by atoms with Crippen molar-refractivity contribution < 1.29 is 18.3 Å². The number of aryl methyl sites for hydroxylation is 4. The summed E-state index contributed by atoms with van der Waals surface area (Å²) in [5, 5.41) is 9.97. The van der Waals surface area contributed by atoms with E-state index >= 15 is 0 Å². The van der Waals surface area contributed by atoms with E-state index in [-0.39, 0.29) is 22.2 Å². The predicted molar refractivity (Wildman–Crippen MR) is 128 cm³/mol. The van der Waals surface area contributed by atoms with E-state index in [4.69, 9.17) is 11.6 Å². The molecular formula is C25H26ClNO4S. The molecule has 0 bridgehead atoms. The van der Waals surface area contributed by atoms with Crippen LogP contribution in [0.3, 0.4) is 0 Å². The van der Waals surface area contributed by atoms with Gasteiger partial charge in [0.15, 0.2) is 0 Å². The summed E-state index contributed by atoms with van der Waals surface area (Å²) < 4.78 is 29.2. The van der Waals surface area contributed by atoms with Gasteiger partial charge in [-0.25, -0.2) is 8.42 Å². The van der Waals surface area contributed by atoms with Gasteiger partial charge in [0.05, 0.1) is 17.1 Å². The van der Waals surface area contributed by atoms with Crippen molar-refractivity contribution in [1.82, 2.24) is 0 Å². The maximum absolute atomic E-state index is 13.9. The average Bonchev–Trinajstić information content (AvgIpc) is 2.71. The monoisotopic (exact) mass is 471 g/mol. The quantitative estimate of drug-likeness (QED) is 0.440. The lowest BCUT2D eigenvalue weighted by Gasteiger charge is -2.27. The van der Waals surface area contributed by atoms with Crippen LogP contribution >= 0.6 is 11.6 Å². The maximum Gasteiger partial charge on any atom is 0.265 e. The Kier molecular flexibility index (Phi) is 7.26. The molecule has 5 nitrogen and oxygen atoms in total. The van der Waals surface area contributed by atoms with Crippen molar-refractivity contribution in [1.29, 1.82) is 0 Å². The first kappa shape index (κ1) is 23.8. The highest BCUT2D eigenvalue weighted by Crippen LogP contribution is 2.32. The standard InChI is InChI=1S/C25H26ClNO4S/c1-17-13-18(2)25(19(3)14-17)32(30,31)27(16-21-8-11-23(29)15-24(21)26)22-9-6-20(7-10-22)5-4-12-28/h6-15,29H,4-5,16H2,1-3H3. The highest BCUT2D eigenvalue weighted by atomic mass is 35.5. The third kappa shape index (κ3) is 5.14. The number of sulfonamides is 1. The molecule has 3 aromatic rings. The molecule has 0 aromatic heterocycles. The van der Waals surface area contributed by atoms with Crippen molar-refractivity contribution in [3.8, 4) is 5.75 Å². The SMILES string of the molecule is Cc1cc(C)c(S(=O)(=O)N(Cc2ccc(O)cc2Cl)c2ccc(CCC=O)cc2)c(C)c1. The maximum atomic E-state index is 13.9. The largest absolute Gasteiger partial charge is 0.508 e. The Morgan fingerprint density at radius 3 is 2.16 bits per heavy atom. The molecule has 0 aliphatic heterocycles. The summed E-state index contributed by atoms with van der Waals surface area (Å²) in [6.45, 7) is 5.52. The van der Waals surface area contributed by atoms with Crippen LogP contribution < -0.4 is 4.31 Å². The molecule has 0 unspecified atom stereocenters. The van der Waals surface area contributed by atoms with E-state index in [1.54, 1.807) is 32.0 Å². The molecule has 0 radical (unpaired) electrons. The number of nitrogens with zero attached hydrogens (tertiary/aromatic N) is 1. The third-order valence-electron chi connectivity index (χ3n) is 5.28. The van der Waals surface area contributed by atoms with E-state index in [0.29, 0.717) is 35.2 Å². The molecule has 7 heteroatoms. The second-order valence-electron chi connectivity index (χ2n) is 7.89. The lowest BCUT2D eigenvalue weighted by molar-refractivity contribution is -0.107. The fourth-order valence-electron chi connectivity index (χ4n) is 3.87. The molecule has 0 amide bonds. The van der Waals surface area contributed by atoms with Crippen LogP contribution in [0.2, 0.25) is 5.02 Å². The van der Waals surface area contributed by atoms with E-state index in [2.05, 4.69) is 0 Å². The highest BCUT2D eigenvalue weighted by Gasteiger charge is 2.29. The Bertz CT molecular complexity index is 1210. The van der Waals surface area contributed by atoms with E-state index in [0.717, 1.165) is 17.4 Å². The second kappa shape index (κ2) is 9.76. The minimum atomic E-state index is -3.93. The molecule has 32 heavy (non-hydrogen) atoms. The molecule has 0 spiro atoms. The second-order valence-corrected chi connectivity index (χ2v) is 10.1. The zero-order valence-electron chi connectivity index (χ0n) is 18.3. The summed E-state index contributed by atoms with van der Waals surface area (Å²) in [6, 6.07) is 15.3. The van der Waals surface area contributed by atoms with Gasteiger partial charge in [-0.05, 0) is 73.7 Å². The minimum absolute atomic E-state index is 0.00187. The van der Waals surface area contributed by atoms with Gasteiger partial charge in [0.1, 0.15) is 12.0 Å². The lowest BCUT2D eigenvalue weighted by atomic mass is 10.1. The summed E-state index contributed by atoms with van der Waals surface area (Å²) in [5.41, 5.74) is 4.35. The fourth-order valence-corrected chi connectivity index (χ4v) is 5.97. The van der Waals surface area contributed by atoms with Crippen LogP contribution in [0.25, 0.3) is 0 Å².